The number of carbonyl (C=O) groups excluding carboxylic acids is 1. The number of amides is 1. The molecule has 0 atom stereocenters. The van der Waals surface area contributed by atoms with Crippen LogP contribution >= 0.6 is 0 Å². The van der Waals surface area contributed by atoms with Crippen molar-refractivity contribution in [1.82, 2.24) is 4.57 Å². The quantitative estimate of drug-likeness (QED) is 0.818. The summed E-state index contributed by atoms with van der Waals surface area (Å²) in [5.74, 6) is -0.310. The van der Waals surface area contributed by atoms with E-state index in [4.69, 9.17) is 5.73 Å². The molecule has 2 rings (SSSR count). The third-order valence-corrected chi connectivity index (χ3v) is 3.23. The van der Waals surface area contributed by atoms with E-state index in [0.717, 1.165) is 11.1 Å². The first-order valence-electron chi connectivity index (χ1n) is 6.23. The number of carbonyl (C=O) groups is 1. The molecule has 0 unspecified atom stereocenters. The van der Waals surface area contributed by atoms with E-state index in [9.17, 15) is 9.59 Å². The van der Waals surface area contributed by atoms with Crippen LogP contribution in [0.4, 0.5) is 11.4 Å². The molecule has 0 fully saturated rings. The fourth-order valence-corrected chi connectivity index (χ4v) is 1.86. The lowest BCUT2D eigenvalue weighted by Gasteiger charge is -2.11. The topological polar surface area (TPSA) is 77.1 Å². The zero-order valence-corrected chi connectivity index (χ0v) is 11.7. The van der Waals surface area contributed by atoms with Crippen molar-refractivity contribution >= 4 is 17.3 Å². The highest BCUT2D eigenvalue weighted by atomic mass is 16.2. The minimum absolute atomic E-state index is 0.220. The van der Waals surface area contributed by atoms with Crippen LogP contribution in [0.25, 0.3) is 0 Å². The molecule has 0 aliphatic rings. The molecule has 3 N–H and O–H groups in total. The Bertz CT molecular complexity index is 732. The molecule has 20 heavy (non-hydrogen) atoms. The van der Waals surface area contributed by atoms with E-state index in [0.29, 0.717) is 16.9 Å². The van der Waals surface area contributed by atoms with Gasteiger partial charge in [-0.3, -0.25) is 9.59 Å². The summed E-state index contributed by atoms with van der Waals surface area (Å²) in [6.45, 7) is 3.75. The number of nitrogens with zero attached hydrogens (tertiary/aromatic N) is 1. The first-order valence-corrected chi connectivity index (χ1v) is 6.23. The van der Waals surface area contributed by atoms with E-state index >= 15 is 0 Å². The fourth-order valence-electron chi connectivity index (χ4n) is 1.86. The number of hydrogen-bond acceptors (Lipinski definition) is 3. The first kappa shape index (κ1) is 13.9. The van der Waals surface area contributed by atoms with Gasteiger partial charge in [-0.1, -0.05) is 0 Å². The van der Waals surface area contributed by atoms with Crippen molar-refractivity contribution < 1.29 is 4.79 Å². The van der Waals surface area contributed by atoms with Crippen molar-refractivity contribution in [3.63, 3.8) is 0 Å². The molecule has 0 saturated carbocycles. The summed E-state index contributed by atoms with van der Waals surface area (Å²) in [5.41, 5.74) is 9.09. The lowest BCUT2D eigenvalue weighted by Crippen LogP contribution is -2.20. The second-order valence-electron chi connectivity index (χ2n) is 4.84. The summed E-state index contributed by atoms with van der Waals surface area (Å²) < 4.78 is 1.41. The molecule has 2 aromatic rings. The minimum Gasteiger partial charge on any atom is -0.399 e. The number of anilines is 2. The van der Waals surface area contributed by atoms with E-state index in [-0.39, 0.29) is 11.5 Å². The molecule has 5 nitrogen and oxygen atoms in total. The molecule has 104 valence electrons. The van der Waals surface area contributed by atoms with Gasteiger partial charge in [0.05, 0.1) is 0 Å². The van der Waals surface area contributed by atoms with Gasteiger partial charge < -0.3 is 15.6 Å². The summed E-state index contributed by atoms with van der Waals surface area (Å²) in [4.78, 5) is 23.7. The Hall–Kier alpha value is -2.56. The molecule has 0 aliphatic heterocycles. The smallest absolute Gasteiger partial charge is 0.255 e. The van der Waals surface area contributed by atoms with Gasteiger partial charge in [-0.25, -0.2) is 0 Å². The van der Waals surface area contributed by atoms with Crippen LogP contribution in [0.3, 0.4) is 0 Å². The highest BCUT2D eigenvalue weighted by Crippen LogP contribution is 2.22. The molecule has 1 heterocycles. The van der Waals surface area contributed by atoms with E-state index in [1.807, 2.05) is 26.0 Å². The predicted molar refractivity (Wildman–Crippen MR) is 80.0 cm³/mol. The molecular weight excluding hydrogens is 254 g/mol. The van der Waals surface area contributed by atoms with Crippen molar-refractivity contribution in [2.24, 2.45) is 7.05 Å². The van der Waals surface area contributed by atoms with Gasteiger partial charge in [0.2, 0.25) is 0 Å². The maximum absolute atomic E-state index is 12.1. The predicted octanol–water partition coefficient (Wildman–Crippen LogP) is 1.84. The summed E-state index contributed by atoms with van der Waals surface area (Å²) in [7, 11) is 1.64. The van der Waals surface area contributed by atoms with Gasteiger partial charge in [-0.15, -0.1) is 0 Å². The number of aryl methyl sites for hydroxylation is 3. The Morgan fingerprint density at radius 3 is 2.55 bits per heavy atom. The SMILES string of the molecule is Cc1cc(NC(=O)c2ccn(C)c(=O)c2)c(C)cc1N. The molecule has 0 spiro atoms. The summed E-state index contributed by atoms with van der Waals surface area (Å²) >= 11 is 0. The number of pyridine rings is 1. The van der Waals surface area contributed by atoms with Crippen molar-refractivity contribution in [3.8, 4) is 0 Å². The van der Waals surface area contributed by atoms with Gasteiger partial charge in [0, 0.05) is 36.2 Å². The Kier molecular flexibility index (Phi) is 3.61. The van der Waals surface area contributed by atoms with Crippen LogP contribution < -0.4 is 16.6 Å². The highest BCUT2D eigenvalue weighted by molar-refractivity contribution is 6.04. The number of benzene rings is 1. The van der Waals surface area contributed by atoms with E-state index in [1.165, 1.54) is 10.6 Å². The number of nitrogens with one attached hydrogen (secondary N) is 1. The third kappa shape index (κ3) is 2.71. The standard InChI is InChI=1S/C15H17N3O2/c1-9-7-13(10(2)6-12(9)16)17-15(20)11-4-5-18(3)14(19)8-11/h4-8H,16H2,1-3H3,(H,17,20). The van der Waals surface area contributed by atoms with Gasteiger partial charge in [-0.2, -0.15) is 0 Å². The van der Waals surface area contributed by atoms with Crippen LogP contribution in [0.1, 0.15) is 21.5 Å². The van der Waals surface area contributed by atoms with Gasteiger partial charge in [0.15, 0.2) is 0 Å². The van der Waals surface area contributed by atoms with Crippen molar-refractivity contribution in [3.05, 3.63) is 57.5 Å². The molecule has 5 heteroatoms. The number of aromatic nitrogens is 1. The normalized spacial score (nSPS) is 10.3. The Labute approximate surface area is 117 Å². The molecule has 0 aliphatic carbocycles. The lowest BCUT2D eigenvalue weighted by molar-refractivity contribution is 0.102. The van der Waals surface area contributed by atoms with Crippen LogP contribution in [0.15, 0.2) is 35.3 Å². The highest BCUT2D eigenvalue weighted by Gasteiger charge is 2.10. The molecule has 1 amide bonds. The van der Waals surface area contributed by atoms with Gasteiger partial charge >= 0.3 is 0 Å². The van der Waals surface area contributed by atoms with Crippen LogP contribution in [-0.2, 0) is 7.05 Å². The van der Waals surface area contributed by atoms with Gasteiger partial charge in [0.1, 0.15) is 0 Å². The Balaban J connectivity index is 2.30. The molecular formula is C15H17N3O2. The number of nitrogen functional groups attached to an aromatic ring is 1. The minimum atomic E-state index is -0.310. The second kappa shape index (κ2) is 5.21. The fraction of sp³-hybridized carbons (Fsp3) is 0.200. The van der Waals surface area contributed by atoms with Crippen LogP contribution in [0, 0.1) is 13.8 Å². The number of rotatable bonds is 2. The second-order valence-corrected chi connectivity index (χ2v) is 4.84. The molecule has 0 saturated heterocycles. The average molecular weight is 271 g/mol. The first-order chi connectivity index (χ1) is 9.38. The van der Waals surface area contributed by atoms with Crippen molar-refractivity contribution in [2.75, 3.05) is 11.1 Å². The van der Waals surface area contributed by atoms with Gasteiger partial charge in [-0.05, 0) is 43.2 Å². The van der Waals surface area contributed by atoms with Crippen LogP contribution in [0.2, 0.25) is 0 Å². The van der Waals surface area contributed by atoms with E-state index in [1.54, 1.807) is 19.3 Å². The maximum Gasteiger partial charge on any atom is 0.255 e. The monoisotopic (exact) mass is 271 g/mol. The lowest BCUT2D eigenvalue weighted by atomic mass is 10.1. The Morgan fingerprint density at radius 1 is 1.20 bits per heavy atom. The third-order valence-electron chi connectivity index (χ3n) is 3.23. The molecule has 1 aromatic heterocycles. The zero-order valence-electron chi connectivity index (χ0n) is 11.7. The van der Waals surface area contributed by atoms with E-state index < -0.39 is 0 Å². The van der Waals surface area contributed by atoms with E-state index in [2.05, 4.69) is 5.32 Å². The van der Waals surface area contributed by atoms with Crippen molar-refractivity contribution in [1.29, 1.82) is 0 Å². The molecule has 0 bridgehead atoms. The Morgan fingerprint density at radius 2 is 1.90 bits per heavy atom. The molecule has 0 radical (unpaired) electrons. The largest absolute Gasteiger partial charge is 0.399 e. The number of nitrogens with two attached hydrogens (primary N) is 1. The average Bonchev–Trinajstić information content (AvgIpc) is 2.39. The summed E-state index contributed by atoms with van der Waals surface area (Å²) in [6.07, 6.45) is 1.57. The zero-order chi connectivity index (χ0) is 14.9. The van der Waals surface area contributed by atoms with Crippen LogP contribution in [-0.4, -0.2) is 10.5 Å². The summed E-state index contributed by atoms with van der Waals surface area (Å²) in [5, 5.41) is 2.80. The van der Waals surface area contributed by atoms with Crippen LogP contribution in [0.5, 0.6) is 0 Å². The van der Waals surface area contributed by atoms with Gasteiger partial charge in [0.25, 0.3) is 11.5 Å². The maximum atomic E-state index is 12.1. The summed E-state index contributed by atoms with van der Waals surface area (Å²) in [6, 6.07) is 6.56. The molecule has 1 aromatic carbocycles. The van der Waals surface area contributed by atoms with Crippen molar-refractivity contribution in [2.45, 2.75) is 13.8 Å². The number of hydrogen-bond donors (Lipinski definition) is 2.